The van der Waals surface area contributed by atoms with Gasteiger partial charge in [0.2, 0.25) is 5.66 Å². The molecule has 0 saturated carbocycles. The van der Waals surface area contributed by atoms with E-state index in [1.807, 2.05) is 18.2 Å². The van der Waals surface area contributed by atoms with Crippen molar-refractivity contribution in [2.24, 2.45) is 9.98 Å². The second kappa shape index (κ2) is 12.9. The molecule has 4 heteroatoms. The van der Waals surface area contributed by atoms with E-state index in [0.29, 0.717) is 5.84 Å². The Morgan fingerprint density at radius 3 is 1.48 bits per heavy atom. The normalized spacial score (nSPS) is 15.4. The molecule has 0 saturated heterocycles. The first kappa shape index (κ1) is 32.0. The van der Waals surface area contributed by atoms with Crippen LogP contribution in [0.3, 0.4) is 0 Å². The van der Waals surface area contributed by atoms with Crippen molar-refractivity contribution >= 4 is 22.3 Å². The van der Waals surface area contributed by atoms with E-state index in [2.05, 4.69) is 193 Å². The number of amidine groups is 1. The summed E-state index contributed by atoms with van der Waals surface area (Å²) in [5.74, 6) is 1.47. The van der Waals surface area contributed by atoms with Crippen LogP contribution in [0.25, 0.3) is 66.9 Å². The van der Waals surface area contributed by atoms with Crippen LogP contribution in [0.2, 0.25) is 0 Å². The molecule has 14 rings (SSSR count). The molecule has 6 heterocycles. The second-order valence-corrected chi connectivity index (χ2v) is 14.4. The van der Waals surface area contributed by atoms with Gasteiger partial charge in [-0.3, -0.25) is 4.57 Å². The van der Waals surface area contributed by atoms with E-state index in [1.165, 1.54) is 21.9 Å². The Balaban J connectivity index is 1.34. The molecular weight excluding hydrogens is 681 g/mol. The van der Waals surface area contributed by atoms with Gasteiger partial charge in [-0.15, -0.1) is 0 Å². The summed E-state index contributed by atoms with van der Waals surface area (Å²) < 4.78 is 2.37. The summed E-state index contributed by atoms with van der Waals surface area (Å²) in [6.07, 6.45) is 0. The van der Waals surface area contributed by atoms with Crippen molar-refractivity contribution in [2.45, 2.75) is 5.66 Å². The fourth-order valence-corrected chi connectivity index (χ4v) is 8.57. The number of hydrogen-bond acceptors (Lipinski definition) is 3. The van der Waals surface area contributed by atoms with E-state index in [1.54, 1.807) is 0 Å². The van der Waals surface area contributed by atoms with Crippen LogP contribution in [0.4, 0.5) is 0 Å². The van der Waals surface area contributed by atoms with Crippen molar-refractivity contribution in [1.29, 1.82) is 0 Å². The van der Waals surface area contributed by atoms with E-state index in [4.69, 9.17) is 15.0 Å². The third kappa shape index (κ3) is 4.96. The van der Waals surface area contributed by atoms with E-state index in [9.17, 15) is 0 Å². The first-order chi connectivity index (χ1) is 27.8. The van der Waals surface area contributed by atoms with Gasteiger partial charge in [0.1, 0.15) is 11.5 Å². The molecule has 1 spiro atoms. The lowest BCUT2D eigenvalue weighted by molar-refractivity contribution is 0.526. The standard InChI is InChI=1S/C52H34N4/c1-5-15-38(16-6-1)47-48(39-17-7-2-8-18-39)56-51(53-47)42-29-27-35(28-30-42)44-25-13-23-37-24-14-26-45(46(37)44)36-31-33-43(34-32-36)52(56)49(40-19-9-3-10-20-40)54-50(55-52)41-21-11-4-12-22-41/h1-34H/t52-/m1/s1. The molecule has 4 bridgehead atoms. The van der Waals surface area contributed by atoms with Crippen molar-refractivity contribution in [3.8, 4) is 56.2 Å². The highest BCUT2D eigenvalue weighted by molar-refractivity contribution is 6.21. The fourth-order valence-electron chi connectivity index (χ4n) is 8.57. The molecule has 262 valence electrons. The van der Waals surface area contributed by atoms with Crippen molar-refractivity contribution in [3.63, 3.8) is 0 Å². The molecule has 9 aromatic rings. The van der Waals surface area contributed by atoms with Crippen molar-refractivity contribution in [3.05, 3.63) is 223 Å². The summed E-state index contributed by atoms with van der Waals surface area (Å²) in [5.41, 5.74) is 12.2. The first-order valence-corrected chi connectivity index (χ1v) is 19.0. The highest BCUT2D eigenvalue weighted by atomic mass is 15.3. The third-order valence-corrected chi connectivity index (χ3v) is 11.1. The van der Waals surface area contributed by atoms with Crippen LogP contribution in [-0.4, -0.2) is 21.1 Å². The Bertz CT molecular complexity index is 2960. The van der Waals surface area contributed by atoms with Crippen LogP contribution < -0.4 is 0 Å². The fraction of sp³-hybridized carbons (Fsp3) is 0.0192. The van der Waals surface area contributed by atoms with E-state index in [0.717, 1.165) is 67.4 Å². The van der Waals surface area contributed by atoms with Gasteiger partial charge in [0, 0.05) is 33.4 Å². The number of aliphatic imine (C=N–C) groups is 2. The summed E-state index contributed by atoms with van der Waals surface area (Å²) in [7, 11) is 0. The molecule has 0 unspecified atom stereocenters. The SMILES string of the molecule is c1ccc(C2=N[C@]3(C(c4ccccc4)=N2)c2ccc(cc2)-c2cccc4cccc(c24)-c2ccc(cc2)-c2nc(-c4ccccc4)c(-c4ccccc4)n23)cc1. The molecule has 1 aromatic heterocycles. The minimum absolute atomic E-state index is 0.670. The van der Waals surface area contributed by atoms with Gasteiger partial charge in [-0.05, 0) is 33.0 Å². The van der Waals surface area contributed by atoms with Gasteiger partial charge in [0.15, 0.2) is 5.84 Å². The Morgan fingerprint density at radius 1 is 0.393 bits per heavy atom. The topological polar surface area (TPSA) is 42.5 Å². The number of imidazole rings is 1. The molecule has 8 aromatic carbocycles. The summed E-state index contributed by atoms with van der Waals surface area (Å²) in [6.45, 7) is 0. The maximum Gasteiger partial charge on any atom is 0.209 e. The molecule has 4 nitrogen and oxygen atoms in total. The molecule has 56 heavy (non-hydrogen) atoms. The van der Waals surface area contributed by atoms with Crippen molar-refractivity contribution in [1.82, 2.24) is 9.55 Å². The maximum absolute atomic E-state index is 5.87. The van der Waals surface area contributed by atoms with E-state index < -0.39 is 5.66 Å². The lowest BCUT2D eigenvalue weighted by atomic mass is 9.86. The molecule has 0 aliphatic carbocycles. The third-order valence-electron chi connectivity index (χ3n) is 11.1. The molecule has 1 atom stereocenters. The minimum atomic E-state index is -1.17. The van der Waals surface area contributed by atoms with Crippen molar-refractivity contribution in [2.75, 3.05) is 0 Å². The van der Waals surface area contributed by atoms with Gasteiger partial charge in [0.25, 0.3) is 0 Å². The molecular formula is C52H34N4. The summed E-state index contributed by atoms with van der Waals surface area (Å²) >= 11 is 0. The lowest BCUT2D eigenvalue weighted by Crippen LogP contribution is -2.41. The average molecular weight is 715 g/mol. The maximum atomic E-state index is 5.87. The van der Waals surface area contributed by atoms with Gasteiger partial charge >= 0.3 is 0 Å². The van der Waals surface area contributed by atoms with Crippen molar-refractivity contribution < 1.29 is 0 Å². The zero-order valence-corrected chi connectivity index (χ0v) is 30.4. The molecule has 0 fully saturated rings. The van der Waals surface area contributed by atoms with Crippen LogP contribution in [-0.2, 0) is 5.66 Å². The zero-order chi connectivity index (χ0) is 37.1. The Hall–Kier alpha value is -7.43. The summed E-state index contributed by atoms with van der Waals surface area (Å²) in [5, 5.41) is 2.44. The van der Waals surface area contributed by atoms with Gasteiger partial charge in [-0.1, -0.05) is 206 Å². The van der Waals surface area contributed by atoms with Crippen LogP contribution in [0, 0.1) is 0 Å². The monoisotopic (exact) mass is 714 g/mol. The Morgan fingerprint density at radius 2 is 0.893 bits per heavy atom. The number of rotatable bonds is 4. The molecule has 0 N–H and O–H groups in total. The van der Waals surface area contributed by atoms with Gasteiger partial charge < -0.3 is 0 Å². The van der Waals surface area contributed by atoms with Gasteiger partial charge in [-0.2, -0.15) is 0 Å². The summed E-state index contributed by atoms with van der Waals surface area (Å²) in [6, 6.07) is 73.1. The molecule has 0 amide bonds. The molecule has 0 radical (unpaired) electrons. The van der Waals surface area contributed by atoms with Crippen LogP contribution in [0.5, 0.6) is 0 Å². The van der Waals surface area contributed by atoms with Gasteiger partial charge in [0.05, 0.1) is 11.4 Å². The largest absolute Gasteiger partial charge is 0.288 e. The molecule has 5 aliphatic heterocycles. The zero-order valence-electron chi connectivity index (χ0n) is 30.4. The number of hydrogen-bond donors (Lipinski definition) is 0. The molecule has 5 aliphatic rings. The minimum Gasteiger partial charge on any atom is -0.288 e. The van der Waals surface area contributed by atoms with E-state index >= 15 is 0 Å². The summed E-state index contributed by atoms with van der Waals surface area (Å²) in [4.78, 5) is 17.1. The lowest BCUT2D eigenvalue weighted by Gasteiger charge is -2.34. The van der Waals surface area contributed by atoms with Gasteiger partial charge in [-0.25, -0.2) is 15.0 Å². The highest BCUT2D eigenvalue weighted by Gasteiger charge is 2.48. The van der Waals surface area contributed by atoms with E-state index in [-0.39, 0.29) is 0 Å². The number of aromatic nitrogens is 2. The van der Waals surface area contributed by atoms with Crippen LogP contribution in [0.1, 0.15) is 16.7 Å². The second-order valence-electron chi connectivity index (χ2n) is 14.4. The average Bonchev–Trinajstić information content (AvgIpc) is 3.88. The van der Waals surface area contributed by atoms with Crippen LogP contribution >= 0.6 is 0 Å². The first-order valence-electron chi connectivity index (χ1n) is 19.0. The van der Waals surface area contributed by atoms with Crippen LogP contribution in [0.15, 0.2) is 216 Å². The number of benzene rings is 8. The predicted octanol–water partition coefficient (Wildman–Crippen LogP) is 12.3. The highest BCUT2D eigenvalue weighted by Crippen LogP contribution is 2.48. The number of nitrogens with zero attached hydrogens (tertiary/aromatic N) is 4. The smallest absolute Gasteiger partial charge is 0.209 e. The Kier molecular flexibility index (Phi) is 7.36. The predicted molar refractivity (Wildman–Crippen MR) is 230 cm³/mol. The Labute approximate surface area is 325 Å². The quantitative estimate of drug-likeness (QED) is 0.179.